The van der Waals surface area contributed by atoms with Gasteiger partial charge in [0.2, 0.25) is 5.60 Å². The number of benzene rings is 3. The minimum Gasteiger partial charge on any atom is -0.386 e. The number of nitrogens with zero attached hydrogens (tertiary/aromatic N) is 1. The van der Waals surface area contributed by atoms with Gasteiger partial charge in [0.1, 0.15) is 0 Å². The highest BCUT2D eigenvalue weighted by atomic mass is 16.5. The van der Waals surface area contributed by atoms with Crippen molar-refractivity contribution in [3.8, 4) is 11.8 Å². The van der Waals surface area contributed by atoms with Crippen LogP contribution in [-0.4, -0.2) is 26.9 Å². The van der Waals surface area contributed by atoms with E-state index in [4.69, 9.17) is 4.52 Å². The van der Waals surface area contributed by atoms with E-state index in [0.717, 1.165) is 11.1 Å². The van der Waals surface area contributed by atoms with E-state index in [1.807, 2.05) is 44.2 Å². The van der Waals surface area contributed by atoms with Crippen LogP contribution in [0, 0.1) is 18.8 Å². The van der Waals surface area contributed by atoms with Crippen molar-refractivity contribution < 1.29 is 19.5 Å². The average Bonchev–Trinajstić information content (AvgIpc) is 2.90. The number of rotatable bonds is 6. The number of anilines is 1. The number of aromatic nitrogens is 1. The van der Waals surface area contributed by atoms with Crippen LogP contribution >= 0.6 is 0 Å². The SMILES string of the molecule is Cc1noc(=O)c2ccc(NC(=O)C(O)(C#Cc3ccc(C(C)(C)O)cc3)CC(C)(C)c3ccccc3)cc12. The monoisotopic (exact) mass is 524 g/mol. The Morgan fingerprint density at radius 2 is 1.59 bits per heavy atom. The predicted octanol–water partition coefficient (Wildman–Crippen LogP) is 4.81. The molecule has 0 fully saturated rings. The van der Waals surface area contributed by atoms with Crippen molar-refractivity contribution in [2.24, 2.45) is 0 Å². The third kappa shape index (κ3) is 6.26. The lowest BCUT2D eigenvalue weighted by atomic mass is 9.75. The normalized spacial score (nSPS) is 13.3. The lowest BCUT2D eigenvalue weighted by Crippen LogP contribution is -2.46. The maximum Gasteiger partial charge on any atom is 0.366 e. The predicted molar refractivity (Wildman–Crippen MR) is 151 cm³/mol. The van der Waals surface area contributed by atoms with Crippen LogP contribution in [0.1, 0.15) is 56.5 Å². The molecule has 0 aliphatic heterocycles. The Morgan fingerprint density at radius 3 is 2.23 bits per heavy atom. The maximum atomic E-state index is 13.6. The molecule has 7 nitrogen and oxygen atoms in total. The fraction of sp³-hybridized carbons (Fsp3) is 0.281. The van der Waals surface area contributed by atoms with Gasteiger partial charge in [-0.25, -0.2) is 4.79 Å². The molecule has 0 saturated carbocycles. The first-order chi connectivity index (χ1) is 18.3. The molecule has 3 N–H and O–H groups in total. The highest BCUT2D eigenvalue weighted by Gasteiger charge is 2.41. The number of aryl methyl sites for hydroxylation is 1. The molecule has 0 spiro atoms. The van der Waals surface area contributed by atoms with E-state index in [-0.39, 0.29) is 6.42 Å². The van der Waals surface area contributed by atoms with E-state index in [9.17, 15) is 19.8 Å². The third-order valence-electron chi connectivity index (χ3n) is 6.79. The Bertz CT molecular complexity index is 1620. The summed E-state index contributed by atoms with van der Waals surface area (Å²) in [6.45, 7) is 8.98. The van der Waals surface area contributed by atoms with Gasteiger partial charge in [-0.05, 0) is 67.6 Å². The molecule has 0 aliphatic rings. The summed E-state index contributed by atoms with van der Waals surface area (Å²) in [6, 6.07) is 21.4. The first-order valence-corrected chi connectivity index (χ1v) is 12.6. The number of hydrogen-bond donors (Lipinski definition) is 3. The van der Waals surface area contributed by atoms with E-state index in [2.05, 4.69) is 22.3 Å². The van der Waals surface area contributed by atoms with Gasteiger partial charge in [-0.15, -0.1) is 0 Å². The molecule has 200 valence electrons. The quantitative estimate of drug-likeness (QED) is 0.312. The topological polar surface area (TPSA) is 113 Å². The molecular formula is C32H32N2O5. The van der Waals surface area contributed by atoms with Crippen LogP contribution in [0.3, 0.4) is 0 Å². The minimum absolute atomic E-state index is 0.0162. The zero-order valence-corrected chi connectivity index (χ0v) is 22.7. The fourth-order valence-electron chi connectivity index (χ4n) is 4.49. The molecule has 39 heavy (non-hydrogen) atoms. The summed E-state index contributed by atoms with van der Waals surface area (Å²) in [5, 5.41) is 29.4. The lowest BCUT2D eigenvalue weighted by molar-refractivity contribution is -0.130. The van der Waals surface area contributed by atoms with Crippen LogP contribution < -0.4 is 10.9 Å². The van der Waals surface area contributed by atoms with Crippen LogP contribution in [0.15, 0.2) is 82.1 Å². The maximum absolute atomic E-state index is 13.6. The Hall–Kier alpha value is -4.25. The van der Waals surface area contributed by atoms with Gasteiger partial charge < -0.3 is 20.1 Å². The molecule has 7 heteroatoms. The van der Waals surface area contributed by atoms with E-state index >= 15 is 0 Å². The van der Waals surface area contributed by atoms with Crippen LogP contribution in [0.5, 0.6) is 0 Å². The van der Waals surface area contributed by atoms with Gasteiger partial charge in [0, 0.05) is 23.1 Å². The molecule has 1 heterocycles. The largest absolute Gasteiger partial charge is 0.386 e. The zero-order valence-electron chi connectivity index (χ0n) is 22.7. The van der Waals surface area contributed by atoms with Crippen molar-refractivity contribution in [1.82, 2.24) is 5.16 Å². The van der Waals surface area contributed by atoms with Crippen molar-refractivity contribution in [3.63, 3.8) is 0 Å². The second kappa shape index (κ2) is 10.5. The Balaban J connectivity index is 1.71. The molecule has 1 amide bonds. The van der Waals surface area contributed by atoms with Gasteiger partial charge in [-0.2, -0.15) is 0 Å². The number of hydrogen-bond acceptors (Lipinski definition) is 6. The average molecular weight is 525 g/mol. The van der Waals surface area contributed by atoms with E-state index in [0.29, 0.717) is 27.7 Å². The minimum atomic E-state index is -2.06. The van der Waals surface area contributed by atoms with Gasteiger partial charge in [0.15, 0.2) is 0 Å². The molecule has 0 aliphatic carbocycles. The van der Waals surface area contributed by atoms with Gasteiger partial charge >= 0.3 is 5.63 Å². The molecule has 0 radical (unpaired) electrons. The van der Waals surface area contributed by atoms with Gasteiger partial charge in [0.05, 0.1) is 16.7 Å². The summed E-state index contributed by atoms with van der Waals surface area (Å²) in [6.07, 6.45) is 0.0162. The standard InChI is InChI=1S/C32H32N2O5/c1-21-27-19-25(15-16-26(27)28(35)39-34-21)33-29(36)32(38,20-30(2,3)23-9-7-6-8-10-23)18-17-22-11-13-24(14-12-22)31(4,5)37/h6-16,19,37-38H,20H2,1-5H3,(H,33,36). The van der Waals surface area contributed by atoms with Gasteiger partial charge in [0.25, 0.3) is 5.91 Å². The van der Waals surface area contributed by atoms with Crippen molar-refractivity contribution in [2.45, 2.75) is 57.7 Å². The molecule has 0 saturated heterocycles. The highest BCUT2D eigenvalue weighted by molar-refractivity contribution is 6.01. The Labute approximate surface area is 227 Å². The number of nitrogens with one attached hydrogen (secondary N) is 1. The smallest absolute Gasteiger partial charge is 0.366 e. The second-order valence-electron chi connectivity index (χ2n) is 10.9. The second-order valence-corrected chi connectivity index (χ2v) is 10.9. The number of carbonyl (C=O) groups is 1. The number of carbonyl (C=O) groups excluding carboxylic acids is 1. The summed E-state index contributed by atoms with van der Waals surface area (Å²) < 4.78 is 4.78. The summed E-state index contributed by atoms with van der Waals surface area (Å²) in [7, 11) is 0. The molecule has 1 aromatic heterocycles. The molecule has 1 atom stereocenters. The third-order valence-corrected chi connectivity index (χ3v) is 6.79. The zero-order chi connectivity index (χ0) is 28.4. The van der Waals surface area contributed by atoms with E-state index in [1.54, 1.807) is 63.2 Å². The fourth-order valence-corrected chi connectivity index (χ4v) is 4.49. The first kappa shape index (κ1) is 27.8. The van der Waals surface area contributed by atoms with Crippen LogP contribution in [0.2, 0.25) is 0 Å². The highest BCUT2D eigenvalue weighted by Crippen LogP contribution is 2.33. The molecular weight excluding hydrogens is 492 g/mol. The van der Waals surface area contributed by atoms with Crippen LogP contribution in [0.25, 0.3) is 10.8 Å². The molecule has 0 bridgehead atoms. The summed E-state index contributed by atoms with van der Waals surface area (Å²) in [5.74, 6) is 5.08. The number of aliphatic hydroxyl groups is 2. The summed E-state index contributed by atoms with van der Waals surface area (Å²) >= 11 is 0. The van der Waals surface area contributed by atoms with Crippen LogP contribution in [0.4, 0.5) is 5.69 Å². The van der Waals surface area contributed by atoms with Crippen molar-refractivity contribution >= 4 is 22.4 Å². The van der Waals surface area contributed by atoms with Crippen molar-refractivity contribution in [2.75, 3.05) is 5.32 Å². The van der Waals surface area contributed by atoms with Crippen molar-refractivity contribution in [3.05, 3.63) is 106 Å². The lowest BCUT2D eigenvalue weighted by Gasteiger charge is -2.32. The van der Waals surface area contributed by atoms with E-state index < -0.39 is 28.1 Å². The van der Waals surface area contributed by atoms with Crippen molar-refractivity contribution in [1.29, 1.82) is 0 Å². The van der Waals surface area contributed by atoms with Gasteiger partial charge in [-0.1, -0.05) is 73.3 Å². The molecule has 1 unspecified atom stereocenters. The molecule has 4 aromatic rings. The van der Waals surface area contributed by atoms with Crippen LogP contribution in [-0.2, 0) is 15.8 Å². The number of amides is 1. The molecule has 3 aromatic carbocycles. The molecule has 4 rings (SSSR count). The Morgan fingerprint density at radius 1 is 0.923 bits per heavy atom. The number of fused-ring (bicyclic) bond motifs is 1. The Kier molecular flexibility index (Phi) is 7.47. The first-order valence-electron chi connectivity index (χ1n) is 12.6. The summed E-state index contributed by atoms with van der Waals surface area (Å²) in [4.78, 5) is 25.7. The van der Waals surface area contributed by atoms with E-state index in [1.165, 1.54) is 0 Å². The van der Waals surface area contributed by atoms with Gasteiger partial charge in [-0.3, -0.25) is 4.79 Å². The summed E-state index contributed by atoms with van der Waals surface area (Å²) in [5.41, 5.74) is -1.09.